The first-order valence-corrected chi connectivity index (χ1v) is 6.37. The Morgan fingerprint density at radius 3 is 2.36 bits per heavy atom. The predicted molar refractivity (Wildman–Crippen MR) is 78.1 cm³/mol. The number of carbonyl (C=O) groups is 3. The quantitative estimate of drug-likeness (QED) is 0.731. The first-order valence-electron chi connectivity index (χ1n) is 6.37. The molecule has 0 atom stereocenters. The van der Waals surface area contributed by atoms with Gasteiger partial charge in [0.2, 0.25) is 0 Å². The molecular weight excluding hydrogens is 286 g/mol. The van der Waals surface area contributed by atoms with Crippen LogP contribution in [0.4, 0.5) is 5.69 Å². The van der Waals surface area contributed by atoms with Gasteiger partial charge < -0.3 is 15.7 Å². The van der Waals surface area contributed by atoms with Crippen molar-refractivity contribution >= 4 is 23.5 Å². The Hall–Kier alpha value is -3.22. The number of carbonyl (C=O) groups excluding carboxylic acids is 2. The van der Waals surface area contributed by atoms with Crippen molar-refractivity contribution in [2.24, 2.45) is 0 Å². The molecule has 0 bridgehead atoms. The standard InChI is InChI=1S/C15H13N3O4/c19-13(14(20)18-12-2-1-7-16-9-12)17-8-10-3-5-11(6-4-10)15(21)22/h1-7,9H,8H2,(H,17,19)(H,18,20)(H,21,22). The highest BCUT2D eigenvalue weighted by Crippen LogP contribution is 2.05. The Kier molecular flexibility index (Phi) is 4.81. The van der Waals surface area contributed by atoms with Crippen LogP contribution < -0.4 is 10.6 Å². The van der Waals surface area contributed by atoms with Crippen LogP contribution in [0.1, 0.15) is 15.9 Å². The van der Waals surface area contributed by atoms with Crippen LogP contribution >= 0.6 is 0 Å². The summed E-state index contributed by atoms with van der Waals surface area (Å²) in [6.45, 7) is 0.124. The van der Waals surface area contributed by atoms with E-state index in [1.807, 2.05) is 0 Å². The number of nitrogens with zero attached hydrogens (tertiary/aromatic N) is 1. The summed E-state index contributed by atoms with van der Waals surface area (Å²) in [5.41, 5.74) is 1.27. The van der Waals surface area contributed by atoms with Crippen LogP contribution in [0.2, 0.25) is 0 Å². The third-order valence-electron chi connectivity index (χ3n) is 2.78. The lowest BCUT2D eigenvalue weighted by molar-refractivity contribution is -0.136. The molecule has 0 fully saturated rings. The first kappa shape index (κ1) is 15.2. The van der Waals surface area contributed by atoms with Crippen molar-refractivity contribution in [2.45, 2.75) is 6.54 Å². The van der Waals surface area contributed by atoms with Gasteiger partial charge in [-0.2, -0.15) is 0 Å². The molecule has 2 aromatic rings. The van der Waals surface area contributed by atoms with E-state index in [1.54, 1.807) is 30.5 Å². The fourth-order valence-electron chi connectivity index (χ4n) is 1.65. The van der Waals surface area contributed by atoms with Gasteiger partial charge in [0.05, 0.1) is 17.4 Å². The van der Waals surface area contributed by atoms with Gasteiger partial charge in [-0.3, -0.25) is 14.6 Å². The van der Waals surface area contributed by atoms with Gasteiger partial charge in [-0.15, -0.1) is 0 Å². The fraction of sp³-hybridized carbons (Fsp3) is 0.0667. The fourth-order valence-corrected chi connectivity index (χ4v) is 1.65. The average Bonchev–Trinajstić information content (AvgIpc) is 2.53. The number of carboxylic acid groups (broad SMARTS) is 1. The summed E-state index contributed by atoms with van der Waals surface area (Å²) in [7, 11) is 0. The van der Waals surface area contributed by atoms with Gasteiger partial charge in [-0.05, 0) is 29.8 Å². The monoisotopic (exact) mass is 299 g/mol. The van der Waals surface area contributed by atoms with E-state index < -0.39 is 17.8 Å². The van der Waals surface area contributed by atoms with Gasteiger partial charge in [-0.1, -0.05) is 12.1 Å². The first-order chi connectivity index (χ1) is 10.6. The molecule has 0 aliphatic heterocycles. The van der Waals surface area contributed by atoms with Crippen molar-refractivity contribution in [3.8, 4) is 0 Å². The maximum atomic E-state index is 11.7. The average molecular weight is 299 g/mol. The number of carboxylic acids is 1. The Bertz CT molecular complexity index is 684. The van der Waals surface area contributed by atoms with Crippen molar-refractivity contribution in [2.75, 3.05) is 5.32 Å². The second-order valence-corrected chi connectivity index (χ2v) is 4.38. The van der Waals surface area contributed by atoms with E-state index in [-0.39, 0.29) is 12.1 Å². The summed E-state index contributed by atoms with van der Waals surface area (Å²) in [6.07, 6.45) is 2.98. The van der Waals surface area contributed by atoms with E-state index in [0.717, 1.165) is 0 Å². The van der Waals surface area contributed by atoms with E-state index in [1.165, 1.54) is 18.3 Å². The zero-order valence-electron chi connectivity index (χ0n) is 11.4. The molecule has 0 saturated carbocycles. The summed E-state index contributed by atoms with van der Waals surface area (Å²) < 4.78 is 0. The number of amides is 2. The molecule has 3 N–H and O–H groups in total. The number of rotatable bonds is 4. The van der Waals surface area contributed by atoms with Crippen LogP contribution in [0.5, 0.6) is 0 Å². The van der Waals surface area contributed by atoms with Crippen molar-refractivity contribution < 1.29 is 19.5 Å². The van der Waals surface area contributed by atoms with Crippen molar-refractivity contribution in [1.29, 1.82) is 0 Å². The van der Waals surface area contributed by atoms with Gasteiger partial charge in [0.15, 0.2) is 0 Å². The van der Waals surface area contributed by atoms with Gasteiger partial charge >= 0.3 is 17.8 Å². The SMILES string of the molecule is O=C(NCc1ccc(C(=O)O)cc1)C(=O)Nc1cccnc1. The van der Waals surface area contributed by atoms with E-state index >= 15 is 0 Å². The van der Waals surface area contributed by atoms with Crippen LogP contribution in [0.25, 0.3) is 0 Å². The largest absolute Gasteiger partial charge is 0.478 e. The molecule has 22 heavy (non-hydrogen) atoms. The van der Waals surface area contributed by atoms with Crippen LogP contribution in [0.3, 0.4) is 0 Å². The Morgan fingerprint density at radius 1 is 1.05 bits per heavy atom. The van der Waals surface area contributed by atoms with E-state index in [2.05, 4.69) is 15.6 Å². The third-order valence-corrected chi connectivity index (χ3v) is 2.78. The topological polar surface area (TPSA) is 108 Å². The summed E-state index contributed by atoms with van der Waals surface area (Å²) in [5.74, 6) is -2.60. The molecular formula is C15H13N3O4. The predicted octanol–water partition coefficient (Wildman–Crippen LogP) is 1.03. The highest BCUT2D eigenvalue weighted by atomic mass is 16.4. The van der Waals surface area contributed by atoms with Gasteiger partial charge in [0.1, 0.15) is 0 Å². The van der Waals surface area contributed by atoms with Crippen LogP contribution in [-0.4, -0.2) is 27.9 Å². The molecule has 7 nitrogen and oxygen atoms in total. The molecule has 0 aliphatic carbocycles. The number of anilines is 1. The number of hydrogen-bond donors (Lipinski definition) is 3. The highest BCUT2D eigenvalue weighted by Gasteiger charge is 2.13. The molecule has 1 aromatic carbocycles. The summed E-state index contributed by atoms with van der Waals surface area (Å²) >= 11 is 0. The van der Waals surface area contributed by atoms with Crippen molar-refractivity contribution in [1.82, 2.24) is 10.3 Å². The Morgan fingerprint density at radius 2 is 1.77 bits per heavy atom. The van der Waals surface area contributed by atoms with E-state index in [0.29, 0.717) is 11.3 Å². The summed E-state index contributed by atoms with van der Waals surface area (Å²) in [5, 5.41) is 13.6. The number of hydrogen-bond acceptors (Lipinski definition) is 4. The Labute approximate surface area is 126 Å². The number of benzene rings is 1. The maximum Gasteiger partial charge on any atom is 0.335 e. The smallest absolute Gasteiger partial charge is 0.335 e. The van der Waals surface area contributed by atoms with Crippen molar-refractivity contribution in [3.05, 3.63) is 59.9 Å². The molecule has 0 radical (unpaired) electrons. The second-order valence-electron chi connectivity index (χ2n) is 4.38. The maximum absolute atomic E-state index is 11.7. The van der Waals surface area contributed by atoms with Crippen LogP contribution in [0, 0.1) is 0 Å². The lowest BCUT2D eigenvalue weighted by atomic mass is 10.1. The van der Waals surface area contributed by atoms with Gasteiger partial charge in [0, 0.05) is 12.7 Å². The van der Waals surface area contributed by atoms with E-state index in [9.17, 15) is 14.4 Å². The molecule has 1 aromatic heterocycles. The lowest BCUT2D eigenvalue weighted by Gasteiger charge is -2.06. The number of aromatic carboxylic acids is 1. The van der Waals surface area contributed by atoms with Crippen molar-refractivity contribution in [3.63, 3.8) is 0 Å². The van der Waals surface area contributed by atoms with E-state index in [4.69, 9.17) is 5.11 Å². The summed E-state index contributed by atoms with van der Waals surface area (Å²) in [4.78, 5) is 37.8. The third kappa shape index (κ3) is 4.14. The molecule has 0 saturated heterocycles. The molecule has 0 spiro atoms. The Balaban J connectivity index is 1.86. The minimum atomic E-state index is -1.02. The zero-order chi connectivity index (χ0) is 15.9. The van der Waals surface area contributed by atoms with Gasteiger partial charge in [-0.25, -0.2) is 4.79 Å². The van der Waals surface area contributed by atoms with Crippen LogP contribution in [0.15, 0.2) is 48.8 Å². The number of nitrogens with one attached hydrogen (secondary N) is 2. The number of aromatic nitrogens is 1. The minimum Gasteiger partial charge on any atom is -0.478 e. The second kappa shape index (κ2) is 6.98. The normalized spacial score (nSPS) is 9.82. The van der Waals surface area contributed by atoms with Crippen LogP contribution in [-0.2, 0) is 16.1 Å². The molecule has 7 heteroatoms. The number of pyridine rings is 1. The lowest BCUT2D eigenvalue weighted by Crippen LogP contribution is -2.34. The minimum absolute atomic E-state index is 0.124. The molecule has 0 aliphatic rings. The molecule has 2 amide bonds. The van der Waals surface area contributed by atoms with Gasteiger partial charge in [0.25, 0.3) is 0 Å². The summed E-state index contributed by atoms with van der Waals surface area (Å²) in [6, 6.07) is 9.25. The highest BCUT2D eigenvalue weighted by molar-refractivity contribution is 6.39. The molecule has 112 valence electrons. The molecule has 1 heterocycles. The molecule has 2 rings (SSSR count). The molecule has 0 unspecified atom stereocenters. The zero-order valence-corrected chi connectivity index (χ0v) is 11.4.